The van der Waals surface area contributed by atoms with E-state index < -0.39 is 0 Å². The SMILES string of the molecule is CCN(CCCl)C(=O)C1CCCC1(C)C. The Hall–Kier alpha value is -0.240. The molecule has 1 rings (SSSR count). The number of rotatable bonds is 4. The Bertz CT molecular complexity index is 228. The van der Waals surface area contributed by atoms with Gasteiger partial charge in [-0.25, -0.2) is 0 Å². The fourth-order valence-electron chi connectivity index (χ4n) is 2.53. The summed E-state index contributed by atoms with van der Waals surface area (Å²) >= 11 is 5.70. The maximum Gasteiger partial charge on any atom is 0.226 e. The third-order valence-electron chi connectivity index (χ3n) is 3.60. The lowest BCUT2D eigenvalue weighted by Gasteiger charge is -2.31. The molecular weight excluding hydrogens is 210 g/mol. The van der Waals surface area contributed by atoms with Crippen LogP contribution in [-0.4, -0.2) is 29.8 Å². The Balaban J connectivity index is 2.66. The molecule has 0 aliphatic heterocycles. The van der Waals surface area contributed by atoms with Gasteiger partial charge in [-0.3, -0.25) is 4.79 Å². The van der Waals surface area contributed by atoms with Crippen molar-refractivity contribution < 1.29 is 4.79 Å². The number of alkyl halides is 1. The van der Waals surface area contributed by atoms with E-state index in [1.54, 1.807) is 0 Å². The Kier molecular flexibility index (Phi) is 4.45. The molecule has 88 valence electrons. The summed E-state index contributed by atoms with van der Waals surface area (Å²) < 4.78 is 0. The molecule has 1 saturated carbocycles. The largest absolute Gasteiger partial charge is 0.342 e. The lowest BCUT2D eigenvalue weighted by Crippen LogP contribution is -2.40. The number of hydrogen-bond acceptors (Lipinski definition) is 1. The van der Waals surface area contributed by atoms with E-state index in [9.17, 15) is 4.79 Å². The van der Waals surface area contributed by atoms with Crippen molar-refractivity contribution >= 4 is 17.5 Å². The molecule has 1 aliphatic rings. The van der Waals surface area contributed by atoms with Crippen molar-refractivity contribution in [3.8, 4) is 0 Å². The van der Waals surface area contributed by atoms with Gasteiger partial charge in [0.05, 0.1) is 0 Å². The minimum Gasteiger partial charge on any atom is -0.342 e. The van der Waals surface area contributed by atoms with Crippen LogP contribution in [0.1, 0.15) is 40.0 Å². The molecular formula is C12H22ClNO. The lowest BCUT2D eigenvalue weighted by atomic mass is 9.81. The molecule has 0 aromatic heterocycles. The van der Waals surface area contributed by atoms with Gasteiger partial charge in [-0.1, -0.05) is 20.3 Å². The van der Waals surface area contributed by atoms with Gasteiger partial charge < -0.3 is 4.90 Å². The number of carbonyl (C=O) groups is 1. The van der Waals surface area contributed by atoms with E-state index in [1.165, 1.54) is 12.8 Å². The minimum atomic E-state index is 0.177. The molecule has 0 heterocycles. The summed E-state index contributed by atoms with van der Waals surface area (Å²) in [6, 6.07) is 0. The third-order valence-corrected chi connectivity index (χ3v) is 3.77. The lowest BCUT2D eigenvalue weighted by molar-refractivity contribution is -0.137. The summed E-state index contributed by atoms with van der Waals surface area (Å²) in [7, 11) is 0. The summed E-state index contributed by atoms with van der Waals surface area (Å²) in [6.45, 7) is 7.89. The first-order valence-corrected chi connectivity index (χ1v) is 6.41. The molecule has 0 aromatic rings. The first-order chi connectivity index (χ1) is 7.03. The molecule has 2 nitrogen and oxygen atoms in total. The van der Waals surface area contributed by atoms with Crippen LogP contribution < -0.4 is 0 Å². The summed E-state index contributed by atoms with van der Waals surface area (Å²) in [5.41, 5.74) is 0.177. The standard InChI is InChI=1S/C12H22ClNO/c1-4-14(9-8-13)11(15)10-6-5-7-12(10,2)3/h10H,4-9H2,1-3H3. The Morgan fingerprint density at radius 2 is 2.20 bits per heavy atom. The van der Waals surface area contributed by atoms with E-state index in [0.29, 0.717) is 18.3 Å². The molecule has 0 spiro atoms. The quantitative estimate of drug-likeness (QED) is 0.682. The van der Waals surface area contributed by atoms with E-state index in [-0.39, 0.29) is 11.3 Å². The Morgan fingerprint density at radius 1 is 1.53 bits per heavy atom. The van der Waals surface area contributed by atoms with Gasteiger partial charge in [0.15, 0.2) is 0 Å². The molecule has 1 fully saturated rings. The third kappa shape index (κ3) is 2.87. The van der Waals surface area contributed by atoms with Crippen LogP contribution in [0.2, 0.25) is 0 Å². The highest BCUT2D eigenvalue weighted by Gasteiger charge is 2.40. The van der Waals surface area contributed by atoms with Gasteiger partial charge in [0.1, 0.15) is 0 Å². The van der Waals surface area contributed by atoms with Gasteiger partial charge in [0.25, 0.3) is 0 Å². The molecule has 0 radical (unpaired) electrons. The van der Waals surface area contributed by atoms with Gasteiger partial charge >= 0.3 is 0 Å². The van der Waals surface area contributed by atoms with Gasteiger partial charge in [0, 0.05) is 24.9 Å². The van der Waals surface area contributed by atoms with Crippen molar-refractivity contribution in [1.82, 2.24) is 4.90 Å². The monoisotopic (exact) mass is 231 g/mol. The topological polar surface area (TPSA) is 20.3 Å². The van der Waals surface area contributed by atoms with Crippen molar-refractivity contribution in [2.75, 3.05) is 19.0 Å². The van der Waals surface area contributed by atoms with Crippen molar-refractivity contribution in [2.45, 2.75) is 40.0 Å². The number of hydrogen-bond donors (Lipinski definition) is 0. The van der Waals surface area contributed by atoms with E-state index in [2.05, 4.69) is 13.8 Å². The van der Waals surface area contributed by atoms with Crippen molar-refractivity contribution in [3.63, 3.8) is 0 Å². The Labute approximate surface area is 98.0 Å². The predicted octanol–water partition coefficient (Wildman–Crippen LogP) is 2.90. The molecule has 1 aliphatic carbocycles. The van der Waals surface area contributed by atoms with Crippen molar-refractivity contribution in [1.29, 1.82) is 0 Å². The van der Waals surface area contributed by atoms with Gasteiger partial charge in [-0.2, -0.15) is 0 Å². The number of carbonyl (C=O) groups excluding carboxylic acids is 1. The fraction of sp³-hybridized carbons (Fsp3) is 0.917. The first kappa shape index (κ1) is 12.8. The van der Waals surface area contributed by atoms with Crippen LogP contribution in [0.4, 0.5) is 0 Å². The average Bonchev–Trinajstić information content (AvgIpc) is 2.53. The molecule has 3 heteroatoms. The van der Waals surface area contributed by atoms with Crippen LogP contribution in [0, 0.1) is 11.3 Å². The van der Waals surface area contributed by atoms with Crippen LogP contribution in [0.5, 0.6) is 0 Å². The van der Waals surface area contributed by atoms with Crippen LogP contribution >= 0.6 is 11.6 Å². The maximum atomic E-state index is 12.2. The van der Waals surface area contributed by atoms with Crippen LogP contribution in [0.25, 0.3) is 0 Å². The van der Waals surface area contributed by atoms with Crippen LogP contribution in [0.3, 0.4) is 0 Å². The maximum absolute atomic E-state index is 12.2. The molecule has 1 atom stereocenters. The second-order valence-corrected chi connectivity index (χ2v) is 5.42. The highest BCUT2D eigenvalue weighted by atomic mass is 35.5. The van der Waals surface area contributed by atoms with E-state index in [0.717, 1.165) is 13.0 Å². The van der Waals surface area contributed by atoms with E-state index >= 15 is 0 Å². The van der Waals surface area contributed by atoms with E-state index in [1.807, 2.05) is 11.8 Å². The highest BCUT2D eigenvalue weighted by molar-refractivity contribution is 6.18. The zero-order valence-electron chi connectivity index (χ0n) is 10.1. The second kappa shape index (κ2) is 5.20. The first-order valence-electron chi connectivity index (χ1n) is 5.87. The van der Waals surface area contributed by atoms with Crippen molar-refractivity contribution in [2.24, 2.45) is 11.3 Å². The summed E-state index contributed by atoms with van der Waals surface area (Å²) in [4.78, 5) is 14.1. The van der Waals surface area contributed by atoms with Crippen LogP contribution in [0.15, 0.2) is 0 Å². The fourth-order valence-corrected chi connectivity index (χ4v) is 2.74. The molecule has 1 amide bonds. The number of amides is 1. The normalized spacial score (nSPS) is 24.1. The van der Waals surface area contributed by atoms with Crippen molar-refractivity contribution in [3.05, 3.63) is 0 Å². The number of nitrogens with zero attached hydrogens (tertiary/aromatic N) is 1. The molecule has 0 N–H and O–H groups in total. The predicted molar refractivity (Wildman–Crippen MR) is 64.1 cm³/mol. The molecule has 0 aromatic carbocycles. The zero-order chi connectivity index (χ0) is 11.5. The average molecular weight is 232 g/mol. The molecule has 0 bridgehead atoms. The summed E-state index contributed by atoms with van der Waals surface area (Å²) in [5.74, 6) is 1.05. The molecule has 15 heavy (non-hydrogen) atoms. The summed E-state index contributed by atoms with van der Waals surface area (Å²) in [5, 5.41) is 0. The van der Waals surface area contributed by atoms with Gasteiger partial charge in [0.2, 0.25) is 5.91 Å². The van der Waals surface area contributed by atoms with E-state index in [4.69, 9.17) is 11.6 Å². The smallest absolute Gasteiger partial charge is 0.226 e. The molecule has 1 unspecified atom stereocenters. The van der Waals surface area contributed by atoms with Gasteiger partial charge in [-0.05, 0) is 25.2 Å². The van der Waals surface area contributed by atoms with Gasteiger partial charge in [-0.15, -0.1) is 11.6 Å². The highest BCUT2D eigenvalue weighted by Crippen LogP contribution is 2.43. The summed E-state index contributed by atoms with van der Waals surface area (Å²) in [6.07, 6.45) is 3.40. The molecule has 0 saturated heterocycles. The second-order valence-electron chi connectivity index (χ2n) is 5.04. The Morgan fingerprint density at radius 3 is 2.60 bits per heavy atom. The minimum absolute atomic E-state index is 0.177. The zero-order valence-corrected chi connectivity index (χ0v) is 10.8. The van der Waals surface area contributed by atoms with Crippen LogP contribution in [-0.2, 0) is 4.79 Å². The number of halogens is 1.